The minimum atomic E-state index is -0.849. The van der Waals surface area contributed by atoms with Crippen molar-refractivity contribution in [2.75, 3.05) is 62.2 Å². The Morgan fingerprint density at radius 3 is 1.39 bits per heavy atom. The van der Waals surface area contributed by atoms with Crippen molar-refractivity contribution in [3.8, 4) is 0 Å². The summed E-state index contributed by atoms with van der Waals surface area (Å²) in [5.41, 5.74) is 6.44. The van der Waals surface area contributed by atoms with Gasteiger partial charge in [-0.05, 0) is 0 Å². The van der Waals surface area contributed by atoms with Gasteiger partial charge in [-0.1, -0.05) is 46.4 Å². The van der Waals surface area contributed by atoms with Crippen molar-refractivity contribution in [3.63, 3.8) is 0 Å². The first-order valence-corrected chi connectivity index (χ1v) is 11.1. The van der Waals surface area contributed by atoms with Gasteiger partial charge in [0.05, 0.1) is 0 Å². The topological polar surface area (TPSA) is 108 Å². The first kappa shape index (κ1) is 24.7. The highest BCUT2D eigenvalue weighted by atomic mass is 35.5. The van der Waals surface area contributed by atoms with Gasteiger partial charge in [-0.3, -0.25) is 0 Å². The molecule has 2 saturated heterocycles. The Balaban J connectivity index is 0.00000272. The molecule has 4 rings (SSSR count). The average molecular weight is 530 g/mol. The van der Waals surface area contributed by atoms with Crippen molar-refractivity contribution in [2.24, 2.45) is 5.73 Å². The molecule has 0 bridgehead atoms. The second-order valence-electron chi connectivity index (χ2n) is 6.97. The van der Waals surface area contributed by atoms with Crippen LogP contribution in [0.4, 0.5) is 11.6 Å². The number of nitrogens with zero attached hydrogens (tertiary/aromatic N) is 6. The van der Waals surface area contributed by atoms with Gasteiger partial charge < -0.3 is 26.2 Å². The number of aromatic nitrogens is 4. The van der Waals surface area contributed by atoms with E-state index in [4.69, 9.17) is 52.1 Å². The fourth-order valence-electron chi connectivity index (χ4n) is 3.41. The van der Waals surface area contributed by atoms with Crippen molar-refractivity contribution >= 4 is 70.4 Å². The number of halogens is 5. The molecular formula is C17H22Cl5N9. The lowest BCUT2D eigenvalue weighted by molar-refractivity contribution is 0.579. The summed E-state index contributed by atoms with van der Waals surface area (Å²) in [4.78, 5) is 21.8. The number of hydrogen-bond donors (Lipinski definition) is 3. The van der Waals surface area contributed by atoms with Gasteiger partial charge in [-0.2, -0.15) is 0 Å². The lowest BCUT2D eigenvalue weighted by atomic mass is 10.2. The van der Waals surface area contributed by atoms with Crippen LogP contribution in [0.2, 0.25) is 20.4 Å². The van der Waals surface area contributed by atoms with Gasteiger partial charge in [-0.15, -0.1) is 12.4 Å². The smallest absolute Gasteiger partial charge is 0.157 e. The molecule has 0 aliphatic carbocycles. The summed E-state index contributed by atoms with van der Waals surface area (Å²) in [5, 5.41) is 7.44. The number of hydrogen-bond acceptors (Lipinski definition) is 9. The van der Waals surface area contributed by atoms with Gasteiger partial charge in [-0.25, -0.2) is 19.9 Å². The van der Waals surface area contributed by atoms with Crippen LogP contribution in [0.25, 0.3) is 0 Å². The molecule has 0 spiro atoms. The SMILES string of the molecule is Cl.NC(c1nc(Cl)c(Cl)c(N2CCNCC2)n1)c1nc(Cl)c(Cl)c(N2CCNCC2)n1. The molecule has 31 heavy (non-hydrogen) atoms. The number of nitrogens with two attached hydrogens (primary N) is 1. The van der Waals surface area contributed by atoms with Crippen molar-refractivity contribution in [1.29, 1.82) is 0 Å². The minimum absolute atomic E-state index is 0. The van der Waals surface area contributed by atoms with E-state index < -0.39 is 6.04 Å². The zero-order valence-corrected chi connectivity index (χ0v) is 20.3. The van der Waals surface area contributed by atoms with Gasteiger partial charge in [0, 0.05) is 52.4 Å². The van der Waals surface area contributed by atoms with E-state index in [0.29, 0.717) is 21.7 Å². The largest absolute Gasteiger partial charge is 0.353 e. The Labute approximate surface area is 206 Å². The first-order chi connectivity index (χ1) is 14.5. The Morgan fingerprint density at radius 2 is 1.03 bits per heavy atom. The van der Waals surface area contributed by atoms with E-state index in [-0.39, 0.29) is 34.4 Å². The molecule has 9 nitrogen and oxygen atoms in total. The highest BCUT2D eigenvalue weighted by Crippen LogP contribution is 2.34. The highest BCUT2D eigenvalue weighted by molar-refractivity contribution is 6.43. The quantitative estimate of drug-likeness (QED) is 0.514. The maximum absolute atomic E-state index is 6.44. The average Bonchev–Trinajstić information content (AvgIpc) is 2.78. The molecular weight excluding hydrogens is 508 g/mol. The summed E-state index contributed by atoms with van der Waals surface area (Å²) in [6.07, 6.45) is 0. The second-order valence-corrected chi connectivity index (χ2v) is 8.44. The molecule has 4 heterocycles. The first-order valence-electron chi connectivity index (χ1n) is 9.58. The van der Waals surface area contributed by atoms with Crippen LogP contribution >= 0.6 is 58.8 Å². The molecule has 0 amide bonds. The van der Waals surface area contributed by atoms with E-state index in [0.717, 1.165) is 52.4 Å². The monoisotopic (exact) mass is 527 g/mol. The molecule has 2 fully saturated rings. The third-order valence-electron chi connectivity index (χ3n) is 5.01. The van der Waals surface area contributed by atoms with Gasteiger partial charge in [0.15, 0.2) is 33.6 Å². The normalized spacial score (nSPS) is 17.1. The highest BCUT2D eigenvalue weighted by Gasteiger charge is 2.26. The molecule has 2 aromatic rings. The van der Waals surface area contributed by atoms with Crippen LogP contribution in [0.15, 0.2) is 0 Å². The van der Waals surface area contributed by atoms with Crippen LogP contribution in [0.1, 0.15) is 17.7 Å². The summed E-state index contributed by atoms with van der Waals surface area (Å²) in [6, 6.07) is -0.849. The fraction of sp³-hybridized carbons (Fsp3) is 0.529. The summed E-state index contributed by atoms with van der Waals surface area (Å²) in [6.45, 7) is 6.28. The number of anilines is 2. The van der Waals surface area contributed by atoms with Crippen molar-refractivity contribution in [2.45, 2.75) is 6.04 Å². The molecule has 0 aromatic carbocycles. The maximum atomic E-state index is 6.44. The lowest BCUT2D eigenvalue weighted by Gasteiger charge is -2.30. The fourth-order valence-corrected chi connectivity index (χ4v) is 4.17. The molecule has 2 aliphatic heterocycles. The number of nitrogens with one attached hydrogen (secondary N) is 2. The molecule has 0 radical (unpaired) electrons. The second kappa shape index (κ2) is 10.8. The Kier molecular flexibility index (Phi) is 8.62. The van der Waals surface area contributed by atoms with E-state index in [1.807, 2.05) is 9.80 Å². The van der Waals surface area contributed by atoms with E-state index in [2.05, 4.69) is 30.6 Å². The molecule has 2 aromatic heterocycles. The molecule has 170 valence electrons. The predicted molar refractivity (Wildman–Crippen MR) is 128 cm³/mol. The number of piperazine rings is 2. The standard InChI is InChI=1S/C17H21Cl4N9.ClH/c18-9-12(20)25-14(27-16(9)29-5-1-23-2-6-29)11(22)15-26-13(21)10(19)17(28-15)30-7-3-24-4-8-30;/h11,23-24H,1-8,22H2;1H. The molecule has 2 aliphatic rings. The van der Waals surface area contributed by atoms with Crippen LogP contribution < -0.4 is 26.2 Å². The van der Waals surface area contributed by atoms with Crippen molar-refractivity contribution < 1.29 is 0 Å². The maximum Gasteiger partial charge on any atom is 0.157 e. The van der Waals surface area contributed by atoms with E-state index in [1.54, 1.807) is 0 Å². The van der Waals surface area contributed by atoms with Crippen LogP contribution in [-0.2, 0) is 0 Å². The van der Waals surface area contributed by atoms with E-state index >= 15 is 0 Å². The molecule has 0 atom stereocenters. The van der Waals surface area contributed by atoms with Crippen molar-refractivity contribution in [1.82, 2.24) is 30.6 Å². The Morgan fingerprint density at radius 1 is 0.677 bits per heavy atom. The summed E-state index contributed by atoms with van der Waals surface area (Å²) in [5.74, 6) is 1.63. The molecule has 0 saturated carbocycles. The zero-order chi connectivity index (χ0) is 21.3. The van der Waals surface area contributed by atoms with Gasteiger partial charge in [0.25, 0.3) is 0 Å². The van der Waals surface area contributed by atoms with Crippen LogP contribution in [0.3, 0.4) is 0 Å². The molecule has 0 unspecified atom stereocenters. The molecule has 14 heteroatoms. The van der Waals surface area contributed by atoms with Gasteiger partial charge >= 0.3 is 0 Å². The predicted octanol–water partition coefficient (Wildman–Crippen LogP) is 2.17. The van der Waals surface area contributed by atoms with Crippen LogP contribution in [0, 0.1) is 0 Å². The van der Waals surface area contributed by atoms with Crippen LogP contribution in [-0.4, -0.2) is 72.3 Å². The Hall–Kier alpha value is -0.910. The summed E-state index contributed by atoms with van der Waals surface area (Å²) in [7, 11) is 0. The van der Waals surface area contributed by atoms with Crippen LogP contribution in [0.5, 0.6) is 0 Å². The minimum Gasteiger partial charge on any atom is -0.353 e. The summed E-state index contributed by atoms with van der Waals surface area (Å²) < 4.78 is 0. The third kappa shape index (κ3) is 5.36. The van der Waals surface area contributed by atoms with Crippen molar-refractivity contribution in [3.05, 3.63) is 32.0 Å². The third-order valence-corrected chi connectivity index (χ3v) is 6.45. The Bertz CT molecular complexity index is 846. The van der Waals surface area contributed by atoms with E-state index in [9.17, 15) is 0 Å². The lowest BCUT2D eigenvalue weighted by Crippen LogP contribution is -2.44. The van der Waals surface area contributed by atoms with E-state index in [1.165, 1.54) is 0 Å². The summed E-state index contributed by atoms with van der Waals surface area (Å²) >= 11 is 25.3. The van der Waals surface area contributed by atoms with Gasteiger partial charge in [0.1, 0.15) is 16.1 Å². The zero-order valence-electron chi connectivity index (χ0n) is 16.4. The molecule has 4 N–H and O–H groups in total. The number of rotatable bonds is 4. The van der Waals surface area contributed by atoms with Gasteiger partial charge in [0.2, 0.25) is 0 Å².